The molecule has 1 aromatic carbocycles. The molecule has 0 saturated carbocycles. The Morgan fingerprint density at radius 1 is 1.55 bits per heavy atom. The first kappa shape index (κ1) is 14.5. The minimum atomic E-state index is -0.517. The van der Waals surface area contributed by atoms with Gasteiger partial charge in [-0.05, 0) is 13.0 Å². The number of ether oxygens (including phenoxy) is 1. The van der Waals surface area contributed by atoms with Crippen molar-refractivity contribution in [3.05, 3.63) is 45.5 Å². The molecule has 8 heteroatoms. The zero-order valence-electron chi connectivity index (χ0n) is 10.4. The van der Waals surface area contributed by atoms with Crippen LogP contribution in [0.3, 0.4) is 0 Å². The van der Waals surface area contributed by atoms with Crippen molar-refractivity contribution in [2.24, 2.45) is 0 Å². The highest BCUT2D eigenvalue weighted by Crippen LogP contribution is 2.35. The van der Waals surface area contributed by atoms with Gasteiger partial charge in [-0.3, -0.25) is 19.8 Å². The van der Waals surface area contributed by atoms with Gasteiger partial charge in [0, 0.05) is 12.1 Å². The van der Waals surface area contributed by atoms with Gasteiger partial charge in [0.1, 0.15) is 11.2 Å². The van der Waals surface area contributed by atoms with Crippen LogP contribution in [0.4, 0.5) is 11.4 Å². The maximum absolute atomic E-state index is 12.2. The summed E-state index contributed by atoms with van der Waals surface area (Å²) in [5.74, 6) is -0.339. The number of anilines is 1. The number of hydrogen-bond donors (Lipinski definition) is 0. The molecule has 1 saturated heterocycles. The van der Waals surface area contributed by atoms with Gasteiger partial charge in [0.2, 0.25) is 0 Å². The number of thioether (sulfide) groups is 1. The lowest BCUT2D eigenvalue weighted by Crippen LogP contribution is -2.27. The fourth-order valence-corrected chi connectivity index (χ4v) is 2.80. The predicted molar refractivity (Wildman–Crippen MR) is 80.5 cm³/mol. The summed E-state index contributed by atoms with van der Waals surface area (Å²) < 4.78 is 5.40. The molecule has 0 spiro atoms. The van der Waals surface area contributed by atoms with Crippen LogP contribution < -0.4 is 4.90 Å². The van der Waals surface area contributed by atoms with E-state index in [4.69, 9.17) is 17.0 Å². The highest BCUT2D eigenvalue weighted by molar-refractivity contribution is 8.27. The number of thiocarbonyl (C=S) groups is 1. The van der Waals surface area contributed by atoms with Gasteiger partial charge in [0.15, 0.2) is 4.32 Å². The number of carbonyl (C=O) groups excluding carboxylic acids is 1. The van der Waals surface area contributed by atoms with Crippen LogP contribution >= 0.6 is 24.0 Å². The smallest absolute Gasteiger partial charge is 0.273 e. The molecule has 0 N–H and O–H groups in total. The second-order valence-electron chi connectivity index (χ2n) is 3.72. The Labute approximate surface area is 124 Å². The number of hydrogen-bond acceptors (Lipinski definition) is 6. The zero-order valence-corrected chi connectivity index (χ0v) is 12.1. The van der Waals surface area contributed by atoms with Crippen molar-refractivity contribution in [2.45, 2.75) is 6.92 Å². The minimum absolute atomic E-state index is 0.0923. The average Bonchev–Trinajstić information content (AvgIpc) is 2.71. The van der Waals surface area contributed by atoms with Crippen LogP contribution in [0.2, 0.25) is 0 Å². The van der Waals surface area contributed by atoms with Crippen LogP contribution in [0.25, 0.3) is 0 Å². The Morgan fingerprint density at radius 3 is 2.95 bits per heavy atom. The molecule has 1 fully saturated rings. The van der Waals surface area contributed by atoms with Gasteiger partial charge in [0.05, 0.1) is 17.2 Å². The SMILES string of the molecule is CCO/C=C1/SC(=S)N(c2cccc([N+](=O)[O-])c2)C1=O. The van der Waals surface area contributed by atoms with Crippen LogP contribution in [-0.4, -0.2) is 21.8 Å². The molecule has 1 aromatic rings. The standard InChI is InChI=1S/C12H10N2O4S2/c1-2-18-7-10-11(15)13(12(19)20-10)8-4-3-5-9(6-8)14(16)17/h3-7H,2H2,1H3/b10-7+. The van der Waals surface area contributed by atoms with Gasteiger partial charge < -0.3 is 4.74 Å². The molecule has 1 aliphatic rings. The van der Waals surface area contributed by atoms with Gasteiger partial charge in [-0.25, -0.2) is 0 Å². The molecular weight excluding hydrogens is 300 g/mol. The third kappa shape index (κ3) is 2.81. The number of carbonyl (C=O) groups is 1. The Kier molecular flexibility index (Phi) is 4.35. The lowest BCUT2D eigenvalue weighted by Gasteiger charge is -2.13. The van der Waals surface area contributed by atoms with E-state index < -0.39 is 4.92 Å². The van der Waals surface area contributed by atoms with E-state index in [1.807, 2.05) is 0 Å². The van der Waals surface area contributed by atoms with Gasteiger partial charge in [-0.15, -0.1) is 0 Å². The first-order valence-electron chi connectivity index (χ1n) is 5.67. The Bertz CT molecular complexity index is 615. The predicted octanol–water partition coefficient (Wildman–Crippen LogP) is 2.84. The molecule has 1 heterocycles. The van der Waals surface area contributed by atoms with Crippen LogP contribution in [0.5, 0.6) is 0 Å². The first-order valence-corrected chi connectivity index (χ1v) is 6.89. The molecule has 0 atom stereocenters. The number of nitro groups is 1. The van der Waals surface area contributed by atoms with E-state index in [1.54, 1.807) is 13.0 Å². The molecule has 2 rings (SSSR count). The van der Waals surface area contributed by atoms with E-state index in [9.17, 15) is 14.9 Å². The zero-order chi connectivity index (χ0) is 14.7. The van der Waals surface area contributed by atoms with Crippen LogP contribution in [0.1, 0.15) is 6.92 Å². The van der Waals surface area contributed by atoms with Crippen molar-refractivity contribution < 1.29 is 14.5 Å². The maximum atomic E-state index is 12.2. The van der Waals surface area contributed by atoms with Crippen molar-refractivity contribution in [3.8, 4) is 0 Å². The molecule has 1 aliphatic heterocycles. The van der Waals surface area contributed by atoms with E-state index in [0.29, 0.717) is 21.5 Å². The number of nitrogens with zero attached hydrogens (tertiary/aromatic N) is 2. The third-order valence-corrected chi connectivity index (χ3v) is 3.73. The topological polar surface area (TPSA) is 72.7 Å². The molecule has 0 aliphatic carbocycles. The number of benzene rings is 1. The van der Waals surface area contributed by atoms with Gasteiger partial charge >= 0.3 is 0 Å². The highest BCUT2D eigenvalue weighted by Gasteiger charge is 2.34. The van der Waals surface area contributed by atoms with Gasteiger partial charge in [-0.1, -0.05) is 30.0 Å². The van der Waals surface area contributed by atoms with Gasteiger partial charge in [0.25, 0.3) is 11.6 Å². The molecule has 104 valence electrons. The Morgan fingerprint density at radius 2 is 2.30 bits per heavy atom. The summed E-state index contributed by atoms with van der Waals surface area (Å²) in [5, 5.41) is 10.8. The number of non-ortho nitro benzene ring substituents is 1. The number of nitro benzene ring substituents is 1. The molecule has 6 nitrogen and oxygen atoms in total. The fourth-order valence-electron chi connectivity index (χ4n) is 1.58. The van der Waals surface area contributed by atoms with Crippen molar-refractivity contribution in [3.63, 3.8) is 0 Å². The molecule has 0 aromatic heterocycles. The second kappa shape index (κ2) is 6.02. The summed E-state index contributed by atoms with van der Waals surface area (Å²) >= 11 is 6.24. The van der Waals surface area contributed by atoms with Crippen LogP contribution in [-0.2, 0) is 9.53 Å². The summed E-state index contributed by atoms with van der Waals surface area (Å²) in [4.78, 5) is 24.1. The van der Waals surface area contributed by atoms with Crippen molar-refractivity contribution in [1.29, 1.82) is 0 Å². The summed E-state index contributed by atoms with van der Waals surface area (Å²) in [6.45, 7) is 2.25. The van der Waals surface area contributed by atoms with E-state index in [0.717, 1.165) is 11.8 Å². The van der Waals surface area contributed by atoms with Crippen molar-refractivity contribution >= 4 is 45.6 Å². The molecular formula is C12H10N2O4S2. The highest BCUT2D eigenvalue weighted by atomic mass is 32.2. The van der Waals surface area contributed by atoms with Crippen molar-refractivity contribution in [2.75, 3.05) is 11.5 Å². The minimum Gasteiger partial charge on any atom is -0.500 e. The molecule has 0 radical (unpaired) electrons. The summed E-state index contributed by atoms with van der Waals surface area (Å²) in [6, 6.07) is 5.78. The van der Waals surface area contributed by atoms with Crippen LogP contribution in [0, 0.1) is 10.1 Å². The van der Waals surface area contributed by atoms with Crippen LogP contribution in [0.15, 0.2) is 35.4 Å². The molecule has 0 bridgehead atoms. The van der Waals surface area contributed by atoms with E-state index in [2.05, 4.69) is 0 Å². The third-order valence-electron chi connectivity index (χ3n) is 2.45. The first-order chi connectivity index (χ1) is 9.54. The summed E-state index contributed by atoms with van der Waals surface area (Å²) in [7, 11) is 0. The quantitative estimate of drug-likeness (QED) is 0.280. The maximum Gasteiger partial charge on any atom is 0.273 e. The summed E-state index contributed by atoms with van der Waals surface area (Å²) in [6.07, 6.45) is 1.36. The monoisotopic (exact) mass is 310 g/mol. The lowest BCUT2D eigenvalue weighted by molar-refractivity contribution is -0.384. The lowest BCUT2D eigenvalue weighted by atomic mass is 10.2. The average molecular weight is 310 g/mol. The normalized spacial score (nSPS) is 16.9. The second-order valence-corrected chi connectivity index (χ2v) is 5.40. The van der Waals surface area contributed by atoms with Gasteiger partial charge in [-0.2, -0.15) is 0 Å². The molecule has 1 amide bonds. The van der Waals surface area contributed by atoms with E-state index >= 15 is 0 Å². The summed E-state index contributed by atoms with van der Waals surface area (Å²) in [5.41, 5.74) is 0.284. The van der Waals surface area contributed by atoms with E-state index in [-0.39, 0.29) is 11.6 Å². The number of amides is 1. The van der Waals surface area contributed by atoms with Crippen molar-refractivity contribution in [1.82, 2.24) is 0 Å². The largest absolute Gasteiger partial charge is 0.500 e. The molecule has 0 unspecified atom stereocenters. The Hall–Kier alpha value is -1.93. The Balaban J connectivity index is 2.33. The van der Waals surface area contributed by atoms with E-state index in [1.165, 1.54) is 29.4 Å². The number of rotatable bonds is 4. The fraction of sp³-hybridized carbons (Fsp3) is 0.167. The molecule has 20 heavy (non-hydrogen) atoms.